The van der Waals surface area contributed by atoms with Gasteiger partial charge >= 0.3 is 5.97 Å². The summed E-state index contributed by atoms with van der Waals surface area (Å²) in [6.45, 7) is 7.06. The van der Waals surface area contributed by atoms with E-state index in [1.165, 1.54) is 12.0 Å². The van der Waals surface area contributed by atoms with E-state index in [4.69, 9.17) is 0 Å². The number of carboxylic acid groups (broad SMARTS) is 1. The molecule has 2 N–H and O–H groups in total. The topological polar surface area (TPSA) is 57.5 Å². The van der Waals surface area contributed by atoms with Crippen molar-refractivity contribution in [3.63, 3.8) is 0 Å². The molecule has 3 heteroatoms. The Labute approximate surface area is 140 Å². The summed E-state index contributed by atoms with van der Waals surface area (Å²) < 4.78 is 0. The van der Waals surface area contributed by atoms with Crippen molar-refractivity contribution in [1.82, 2.24) is 0 Å². The van der Waals surface area contributed by atoms with Crippen LogP contribution in [-0.4, -0.2) is 22.8 Å². The van der Waals surface area contributed by atoms with Gasteiger partial charge in [-0.25, -0.2) is 0 Å². The van der Waals surface area contributed by atoms with Gasteiger partial charge in [0.2, 0.25) is 0 Å². The molecule has 0 saturated heterocycles. The van der Waals surface area contributed by atoms with Crippen LogP contribution in [0.3, 0.4) is 0 Å². The molecule has 1 spiro atoms. The molecular formula is C20H32O3. The summed E-state index contributed by atoms with van der Waals surface area (Å²) in [5.74, 6) is 0.780. The molecule has 3 nitrogen and oxygen atoms in total. The van der Waals surface area contributed by atoms with E-state index in [9.17, 15) is 15.0 Å². The zero-order valence-corrected chi connectivity index (χ0v) is 14.8. The lowest BCUT2D eigenvalue weighted by Crippen LogP contribution is -2.36. The van der Waals surface area contributed by atoms with Gasteiger partial charge < -0.3 is 10.2 Å². The molecule has 2 saturated carbocycles. The molecule has 130 valence electrons. The fourth-order valence-corrected chi connectivity index (χ4v) is 6.46. The molecule has 6 atom stereocenters. The zero-order valence-electron chi connectivity index (χ0n) is 14.8. The van der Waals surface area contributed by atoms with Gasteiger partial charge in [-0.05, 0) is 74.0 Å². The quantitative estimate of drug-likeness (QED) is 0.719. The van der Waals surface area contributed by atoms with Crippen molar-refractivity contribution in [2.45, 2.75) is 65.7 Å². The average Bonchev–Trinajstić information content (AvgIpc) is 2.96. The summed E-state index contributed by atoms with van der Waals surface area (Å²) in [5, 5.41) is 19.0. The third kappa shape index (κ3) is 2.47. The minimum atomic E-state index is -0.572. The molecule has 2 bridgehead atoms. The number of hydrogen-bond donors (Lipinski definition) is 2. The van der Waals surface area contributed by atoms with E-state index in [0.29, 0.717) is 17.8 Å². The lowest BCUT2D eigenvalue weighted by Gasteiger charge is -2.38. The Morgan fingerprint density at radius 2 is 2.17 bits per heavy atom. The maximum Gasteiger partial charge on any atom is 0.307 e. The fraction of sp³-hybridized carbons (Fsp3) is 0.850. The van der Waals surface area contributed by atoms with Gasteiger partial charge in [0.25, 0.3) is 0 Å². The maximum absolute atomic E-state index is 11.8. The maximum atomic E-state index is 11.8. The van der Waals surface area contributed by atoms with Crippen molar-refractivity contribution in [1.29, 1.82) is 0 Å². The van der Waals surface area contributed by atoms with Crippen molar-refractivity contribution >= 4 is 5.97 Å². The Morgan fingerprint density at radius 1 is 1.43 bits per heavy atom. The molecule has 0 unspecified atom stereocenters. The lowest BCUT2D eigenvalue weighted by atomic mass is 9.65. The van der Waals surface area contributed by atoms with Crippen LogP contribution in [0.4, 0.5) is 0 Å². The number of rotatable bonds is 6. The Kier molecular flexibility index (Phi) is 4.37. The number of allylic oxidation sites excluding steroid dienone is 2. The van der Waals surface area contributed by atoms with E-state index in [-0.39, 0.29) is 23.4 Å². The highest BCUT2D eigenvalue weighted by Crippen LogP contribution is 2.72. The molecule has 0 aromatic carbocycles. The highest BCUT2D eigenvalue weighted by molar-refractivity contribution is 5.72. The summed E-state index contributed by atoms with van der Waals surface area (Å²) in [6.07, 6.45) is 9.75. The first-order chi connectivity index (χ1) is 10.8. The van der Waals surface area contributed by atoms with Crippen molar-refractivity contribution in [3.8, 4) is 0 Å². The van der Waals surface area contributed by atoms with Crippen LogP contribution in [0.25, 0.3) is 0 Å². The van der Waals surface area contributed by atoms with E-state index >= 15 is 0 Å². The minimum absolute atomic E-state index is 0.0212. The SMILES string of the molecule is CC1=CC[C@@]23C[C@@H]1[C@](C)(CCC[C@H](C)CO)[C@@H]2CC[C@@H]3C(=O)O. The molecule has 0 radical (unpaired) electrons. The normalized spacial score (nSPS) is 43.1. The minimum Gasteiger partial charge on any atom is -0.481 e. The molecule has 0 amide bonds. The molecule has 23 heavy (non-hydrogen) atoms. The number of aliphatic hydroxyl groups is 1. The second-order valence-electron chi connectivity index (χ2n) is 8.85. The molecule has 3 aliphatic rings. The van der Waals surface area contributed by atoms with Crippen molar-refractivity contribution in [2.24, 2.45) is 34.5 Å². The van der Waals surface area contributed by atoms with Gasteiger partial charge in [0.15, 0.2) is 0 Å². The molecule has 0 aromatic heterocycles. The molecule has 3 aliphatic carbocycles. The van der Waals surface area contributed by atoms with Gasteiger partial charge in [-0.2, -0.15) is 0 Å². The lowest BCUT2D eigenvalue weighted by molar-refractivity contribution is -0.146. The number of hydrogen-bond acceptors (Lipinski definition) is 2. The van der Waals surface area contributed by atoms with Crippen LogP contribution in [0.2, 0.25) is 0 Å². The highest BCUT2D eigenvalue weighted by atomic mass is 16.4. The van der Waals surface area contributed by atoms with Crippen LogP contribution in [0.1, 0.15) is 65.7 Å². The molecule has 0 aliphatic heterocycles. The van der Waals surface area contributed by atoms with Gasteiger partial charge in [-0.15, -0.1) is 0 Å². The van der Waals surface area contributed by atoms with Gasteiger partial charge in [0, 0.05) is 6.61 Å². The fourth-order valence-electron chi connectivity index (χ4n) is 6.46. The van der Waals surface area contributed by atoms with Gasteiger partial charge in [0.05, 0.1) is 5.92 Å². The molecular weight excluding hydrogens is 288 g/mol. The summed E-state index contributed by atoms with van der Waals surface area (Å²) in [6, 6.07) is 0. The van der Waals surface area contributed by atoms with E-state index in [1.807, 2.05) is 0 Å². The van der Waals surface area contributed by atoms with E-state index in [0.717, 1.165) is 38.5 Å². The molecule has 3 rings (SSSR count). The monoisotopic (exact) mass is 320 g/mol. The first-order valence-corrected chi connectivity index (χ1v) is 9.35. The number of fused-ring (bicyclic) bond motifs is 1. The van der Waals surface area contributed by atoms with Crippen LogP contribution in [0.5, 0.6) is 0 Å². The number of aliphatic carboxylic acids is 1. The number of carboxylic acids is 1. The molecule has 0 heterocycles. The Bertz CT molecular complexity index is 511. The summed E-state index contributed by atoms with van der Waals surface area (Å²) in [5.41, 5.74) is 1.76. The summed E-state index contributed by atoms with van der Waals surface area (Å²) in [7, 11) is 0. The van der Waals surface area contributed by atoms with Gasteiger partial charge in [-0.3, -0.25) is 4.79 Å². The number of carbonyl (C=O) groups is 1. The largest absolute Gasteiger partial charge is 0.481 e. The van der Waals surface area contributed by atoms with E-state index in [2.05, 4.69) is 26.8 Å². The first-order valence-electron chi connectivity index (χ1n) is 9.35. The Hall–Kier alpha value is -0.830. The van der Waals surface area contributed by atoms with Crippen LogP contribution in [0.15, 0.2) is 11.6 Å². The van der Waals surface area contributed by atoms with Crippen LogP contribution >= 0.6 is 0 Å². The van der Waals surface area contributed by atoms with E-state index < -0.39 is 5.97 Å². The first kappa shape index (κ1) is 17.0. The smallest absolute Gasteiger partial charge is 0.307 e. The Morgan fingerprint density at radius 3 is 2.83 bits per heavy atom. The molecule has 2 fully saturated rings. The molecule has 0 aromatic rings. The van der Waals surface area contributed by atoms with Crippen molar-refractivity contribution in [2.75, 3.05) is 6.61 Å². The second kappa shape index (κ2) is 5.91. The van der Waals surface area contributed by atoms with Crippen molar-refractivity contribution in [3.05, 3.63) is 11.6 Å². The van der Waals surface area contributed by atoms with Crippen molar-refractivity contribution < 1.29 is 15.0 Å². The third-order valence-electron chi connectivity index (χ3n) is 7.68. The second-order valence-corrected chi connectivity index (χ2v) is 8.85. The predicted octanol–water partition coefficient (Wildman–Crippen LogP) is 4.26. The predicted molar refractivity (Wildman–Crippen MR) is 91.0 cm³/mol. The summed E-state index contributed by atoms with van der Waals surface area (Å²) >= 11 is 0. The Balaban J connectivity index is 1.84. The number of aliphatic hydroxyl groups excluding tert-OH is 1. The van der Waals surface area contributed by atoms with Gasteiger partial charge in [-0.1, -0.05) is 31.9 Å². The third-order valence-corrected chi connectivity index (χ3v) is 7.68. The van der Waals surface area contributed by atoms with Gasteiger partial charge in [0.1, 0.15) is 0 Å². The van der Waals surface area contributed by atoms with E-state index in [1.54, 1.807) is 0 Å². The average molecular weight is 320 g/mol. The summed E-state index contributed by atoms with van der Waals surface area (Å²) in [4.78, 5) is 11.8. The van der Waals surface area contributed by atoms with Crippen LogP contribution < -0.4 is 0 Å². The highest BCUT2D eigenvalue weighted by Gasteiger charge is 2.66. The standard InChI is InChI=1S/C20H32O3/c1-13(12-21)5-4-9-19(3)16-11-20(10-8-14(16)2)15(18(22)23)6-7-17(19)20/h8,13,15-17,21H,4-7,9-12H2,1-3H3,(H,22,23)/t13-,15+,16-,17-,19-,20-/m0/s1. The van der Waals surface area contributed by atoms with Crippen LogP contribution in [0, 0.1) is 34.5 Å². The zero-order chi connectivity index (χ0) is 16.8. The van der Waals surface area contributed by atoms with Crippen LogP contribution in [-0.2, 0) is 4.79 Å².